The maximum absolute atomic E-state index is 13.1. The first-order chi connectivity index (χ1) is 9.47. The van der Waals surface area contributed by atoms with Crippen molar-refractivity contribution < 1.29 is 13.6 Å². The van der Waals surface area contributed by atoms with Crippen molar-refractivity contribution >= 4 is 27.5 Å². The monoisotopic (exact) mass is 340 g/mol. The molecule has 0 atom stereocenters. The Kier molecular flexibility index (Phi) is 4.34. The van der Waals surface area contributed by atoms with Gasteiger partial charge in [-0.2, -0.15) is 0 Å². The van der Waals surface area contributed by atoms with Gasteiger partial charge in [0.2, 0.25) is 0 Å². The average Bonchev–Trinajstić information content (AvgIpc) is 2.42. The molecule has 0 saturated carbocycles. The molecule has 3 N–H and O–H groups in total. The standard InChI is InChI=1S/C14H11BrF2N2O/c15-11-3-2-10(16)5-9(11)7-19-14(20)8-1-4-12(17)13(18)6-8/h1-6H,7,18H2,(H,19,20). The van der Waals surface area contributed by atoms with Crippen LogP contribution in [0.2, 0.25) is 0 Å². The van der Waals surface area contributed by atoms with Crippen molar-refractivity contribution in [2.75, 3.05) is 5.73 Å². The highest BCUT2D eigenvalue weighted by Gasteiger charge is 2.09. The molecule has 0 saturated heterocycles. The van der Waals surface area contributed by atoms with Crippen LogP contribution in [0.1, 0.15) is 15.9 Å². The zero-order valence-corrected chi connectivity index (χ0v) is 11.9. The Labute approximate surface area is 122 Å². The fraction of sp³-hybridized carbons (Fsp3) is 0.0714. The summed E-state index contributed by atoms with van der Waals surface area (Å²) < 4.78 is 26.8. The van der Waals surface area contributed by atoms with Gasteiger partial charge in [-0.15, -0.1) is 0 Å². The van der Waals surface area contributed by atoms with Crippen LogP contribution >= 0.6 is 15.9 Å². The lowest BCUT2D eigenvalue weighted by atomic mass is 10.1. The Morgan fingerprint density at radius 1 is 1.20 bits per heavy atom. The third kappa shape index (κ3) is 3.33. The molecular weight excluding hydrogens is 330 g/mol. The first-order valence-electron chi connectivity index (χ1n) is 5.74. The molecule has 2 aromatic rings. The van der Waals surface area contributed by atoms with Crippen LogP contribution in [0.3, 0.4) is 0 Å². The Morgan fingerprint density at radius 2 is 1.95 bits per heavy atom. The second-order valence-corrected chi connectivity index (χ2v) is 5.01. The Balaban J connectivity index is 2.08. The smallest absolute Gasteiger partial charge is 0.251 e. The van der Waals surface area contributed by atoms with Crippen molar-refractivity contribution in [1.29, 1.82) is 0 Å². The normalized spacial score (nSPS) is 10.3. The Bertz CT molecular complexity index is 662. The molecule has 2 rings (SSSR count). The van der Waals surface area contributed by atoms with Gasteiger partial charge in [-0.25, -0.2) is 8.78 Å². The quantitative estimate of drug-likeness (QED) is 0.842. The van der Waals surface area contributed by atoms with Crippen LogP contribution in [0, 0.1) is 11.6 Å². The van der Waals surface area contributed by atoms with Gasteiger partial charge in [0.25, 0.3) is 5.91 Å². The van der Waals surface area contributed by atoms with Crippen LogP contribution in [0.5, 0.6) is 0 Å². The van der Waals surface area contributed by atoms with Gasteiger partial charge < -0.3 is 11.1 Å². The number of rotatable bonds is 3. The number of benzene rings is 2. The van der Waals surface area contributed by atoms with Gasteiger partial charge in [-0.1, -0.05) is 15.9 Å². The number of hydrogen-bond acceptors (Lipinski definition) is 2. The number of nitrogen functional groups attached to an aromatic ring is 1. The minimum atomic E-state index is -0.575. The summed E-state index contributed by atoms with van der Waals surface area (Å²) in [5.41, 5.74) is 6.16. The van der Waals surface area contributed by atoms with E-state index in [4.69, 9.17) is 5.73 Å². The van der Waals surface area contributed by atoms with Gasteiger partial charge in [0.15, 0.2) is 0 Å². The van der Waals surface area contributed by atoms with Crippen molar-refractivity contribution in [3.63, 3.8) is 0 Å². The summed E-state index contributed by atoms with van der Waals surface area (Å²) in [7, 11) is 0. The number of nitrogens with one attached hydrogen (secondary N) is 1. The molecule has 20 heavy (non-hydrogen) atoms. The van der Waals surface area contributed by atoms with Crippen molar-refractivity contribution in [1.82, 2.24) is 5.32 Å². The summed E-state index contributed by atoms with van der Waals surface area (Å²) in [4.78, 5) is 11.9. The van der Waals surface area contributed by atoms with Crippen LogP contribution in [0.15, 0.2) is 40.9 Å². The molecule has 0 aliphatic rings. The first-order valence-corrected chi connectivity index (χ1v) is 6.54. The van der Waals surface area contributed by atoms with Crippen molar-refractivity contribution in [3.05, 3.63) is 63.6 Å². The number of nitrogens with two attached hydrogens (primary N) is 1. The summed E-state index contributed by atoms with van der Waals surface area (Å²) in [6, 6.07) is 7.92. The molecule has 104 valence electrons. The summed E-state index contributed by atoms with van der Waals surface area (Å²) in [5, 5.41) is 2.62. The molecule has 0 spiro atoms. The van der Waals surface area contributed by atoms with Crippen molar-refractivity contribution in [2.24, 2.45) is 0 Å². The summed E-state index contributed by atoms with van der Waals surface area (Å²) in [5.74, 6) is -1.37. The maximum Gasteiger partial charge on any atom is 0.251 e. The average molecular weight is 341 g/mol. The number of halogens is 3. The Morgan fingerprint density at radius 3 is 2.65 bits per heavy atom. The number of carbonyl (C=O) groups excluding carboxylic acids is 1. The molecule has 1 amide bonds. The lowest BCUT2D eigenvalue weighted by Crippen LogP contribution is -2.23. The maximum atomic E-state index is 13.1. The van der Waals surface area contributed by atoms with E-state index < -0.39 is 11.7 Å². The highest BCUT2D eigenvalue weighted by Crippen LogP contribution is 2.18. The summed E-state index contributed by atoms with van der Waals surface area (Å²) in [6.07, 6.45) is 0. The molecule has 0 heterocycles. The zero-order valence-electron chi connectivity index (χ0n) is 10.3. The van der Waals surface area contributed by atoms with E-state index in [9.17, 15) is 13.6 Å². The molecule has 3 nitrogen and oxygen atoms in total. The predicted octanol–water partition coefficient (Wildman–Crippen LogP) is 3.24. The molecule has 0 bridgehead atoms. The van der Waals surface area contributed by atoms with E-state index in [0.717, 1.165) is 6.07 Å². The van der Waals surface area contributed by atoms with Gasteiger partial charge in [0, 0.05) is 16.6 Å². The molecule has 0 fully saturated rings. The van der Waals surface area contributed by atoms with E-state index in [-0.39, 0.29) is 23.6 Å². The van der Waals surface area contributed by atoms with Crippen LogP contribution in [0.4, 0.5) is 14.5 Å². The first kappa shape index (κ1) is 14.5. The molecule has 2 aromatic carbocycles. The summed E-state index contributed by atoms with van der Waals surface area (Å²) in [6.45, 7) is 0.147. The van der Waals surface area contributed by atoms with E-state index in [2.05, 4.69) is 21.2 Å². The van der Waals surface area contributed by atoms with E-state index >= 15 is 0 Å². The molecule has 0 radical (unpaired) electrons. The highest BCUT2D eigenvalue weighted by molar-refractivity contribution is 9.10. The highest BCUT2D eigenvalue weighted by atomic mass is 79.9. The molecule has 0 aliphatic carbocycles. The van der Waals surface area contributed by atoms with E-state index in [0.29, 0.717) is 10.0 Å². The molecule has 6 heteroatoms. The van der Waals surface area contributed by atoms with Gasteiger partial charge in [0.1, 0.15) is 11.6 Å². The molecular formula is C14H11BrF2N2O. The topological polar surface area (TPSA) is 55.1 Å². The van der Waals surface area contributed by atoms with E-state index in [1.54, 1.807) is 6.07 Å². The van der Waals surface area contributed by atoms with Crippen LogP contribution in [0.25, 0.3) is 0 Å². The van der Waals surface area contributed by atoms with Crippen LogP contribution in [-0.4, -0.2) is 5.91 Å². The lowest BCUT2D eigenvalue weighted by molar-refractivity contribution is 0.0951. The minimum absolute atomic E-state index is 0.0930. The second-order valence-electron chi connectivity index (χ2n) is 4.15. The van der Waals surface area contributed by atoms with Crippen molar-refractivity contribution in [2.45, 2.75) is 6.54 Å². The van der Waals surface area contributed by atoms with Gasteiger partial charge in [-0.05, 0) is 42.0 Å². The van der Waals surface area contributed by atoms with Gasteiger partial charge >= 0.3 is 0 Å². The second kappa shape index (κ2) is 6.00. The Hall–Kier alpha value is -1.95. The SMILES string of the molecule is Nc1cc(C(=O)NCc2cc(F)ccc2Br)ccc1F. The number of carbonyl (C=O) groups is 1. The summed E-state index contributed by atoms with van der Waals surface area (Å²) >= 11 is 3.27. The number of hydrogen-bond donors (Lipinski definition) is 2. The number of anilines is 1. The molecule has 0 aliphatic heterocycles. The minimum Gasteiger partial charge on any atom is -0.396 e. The van der Waals surface area contributed by atoms with E-state index in [1.165, 1.54) is 24.3 Å². The molecule has 0 aromatic heterocycles. The number of amides is 1. The van der Waals surface area contributed by atoms with Crippen molar-refractivity contribution in [3.8, 4) is 0 Å². The van der Waals surface area contributed by atoms with E-state index in [1.807, 2.05) is 0 Å². The zero-order chi connectivity index (χ0) is 14.7. The fourth-order valence-electron chi connectivity index (χ4n) is 1.64. The molecule has 0 unspecified atom stereocenters. The van der Waals surface area contributed by atoms with Gasteiger partial charge in [-0.3, -0.25) is 4.79 Å². The third-order valence-electron chi connectivity index (χ3n) is 2.71. The van der Waals surface area contributed by atoms with Gasteiger partial charge in [0.05, 0.1) is 5.69 Å². The fourth-order valence-corrected chi connectivity index (χ4v) is 2.03. The third-order valence-corrected chi connectivity index (χ3v) is 3.48. The van der Waals surface area contributed by atoms with Crippen LogP contribution in [-0.2, 0) is 6.54 Å². The lowest BCUT2D eigenvalue weighted by Gasteiger charge is -2.08. The predicted molar refractivity (Wildman–Crippen MR) is 76.1 cm³/mol. The largest absolute Gasteiger partial charge is 0.396 e. The van der Waals surface area contributed by atoms with Crippen LogP contribution < -0.4 is 11.1 Å².